The van der Waals surface area contributed by atoms with Gasteiger partial charge in [-0.2, -0.15) is 8.42 Å². The lowest BCUT2D eigenvalue weighted by Gasteiger charge is -2.11. The molecule has 0 aliphatic rings. The first-order valence-electron chi connectivity index (χ1n) is 7.92. The van der Waals surface area contributed by atoms with Crippen molar-refractivity contribution in [3.63, 3.8) is 0 Å². The molecule has 0 atom stereocenters. The van der Waals surface area contributed by atoms with Gasteiger partial charge in [0, 0.05) is 12.5 Å². The summed E-state index contributed by atoms with van der Waals surface area (Å²) in [5.74, 6) is 0.430. The molecule has 10 heteroatoms. The van der Waals surface area contributed by atoms with Gasteiger partial charge in [-0.05, 0) is 41.9 Å². The van der Waals surface area contributed by atoms with Crippen LogP contribution in [0.3, 0.4) is 0 Å². The topological polar surface area (TPSA) is 126 Å². The smallest absolute Gasteiger partial charge is 0.340 e. The molecule has 146 valence electrons. The Bertz CT molecular complexity index is 915. The highest BCUT2D eigenvalue weighted by Gasteiger charge is 2.20. The van der Waals surface area contributed by atoms with Gasteiger partial charge in [-0.3, -0.25) is 0 Å². The molecule has 8 nitrogen and oxygen atoms in total. The number of rotatable bonds is 9. The van der Waals surface area contributed by atoms with Crippen LogP contribution in [0.2, 0.25) is 5.02 Å². The Morgan fingerprint density at radius 3 is 2.52 bits per heavy atom. The van der Waals surface area contributed by atoms with Gasteiger partial charge >= 0.3 is 10.1 Å². The van der Waals surface area contributed by atoms with E-state index in [0.29, 0.717) is 18.8 Å². The van der Waals surface area contributed by atoms with Crippen LogP contribution in [0.4, 0.5) is 0 Å². The summed E-state index contributed by atoms with van der Waals surface area (Å²) in [6, 6.07) is 10.9. The molecule has 0 aliphatic carbocycles. The number of aryl methyl sites for hydroxylation is 1. The molecule has 0 bridgehead atoms. The van der Waals surface area contributed by atoms with E-state index in [2.05, 4.69) is 5.16 Å². The summed E-state index contributed by atoms with van der Waals surface area (Å²) in [4.78, 5) is 4.74. The minimum absolute atomic E-state index is 0.0856. The summed E-state index contributed by atoms with van der Waals surface area (Å²) in [6.07, 6.45) is 0.527. The van der Waals surface area contributed by atoms with E-state index in [1.807, 2.05) is 0 Å². The van der Waals surface area contributed by atoms with E-state index < -0.39 is 10.1 Å². The van der Waals surface area contributed by atoms with Gasteiger partial charge in [0.1, 0.15) is 23.0 Å². The number of guanidine groups is 1. The van der Waals surface area contributed by atoms with E-state index >= 15 is 0 Å². The van der Waals surface area contributed by atoms with Crippen LogP contribution in [0.15, 0.2) is 52.5 Å². The van der Waals surface area contributed by atoms with Gasteiger partial charge in [0.2, 0.25) is 5.96 Å². The van der Waals surface area contributed by atoms with Crippen molar-refractivity contribution in [2.45, 2.75) is 18.2 Å². The average Bonchev–Trinajstić information content (AvgIpc) is 2.57. The minimum Gasteiger partial charge on any atom is -0.493 e. The van der Waals surface area contributed by atoms with E-state index in [4.69, 9.17) is 36.8 Å². The summed E-state index contributed by atoms with van der Waals surface area (Å²) < 4.78 is 35.7. The first-order chi connectivity index (χ1) is 12.8. The third kappa shape index (κ3) is 6.54. The number of halogens is 1. The monoisotopic (exact) mass is 413 g/mol. The van der Waals surface area contributed by atoms with Gasteiger partial charge in [-0.25, -0.2) is 0 Å². The highest BCUT2D eigenvalue weighted by molar-refractivity contribution is 7.87. The van der Waals surface area contributed by atoms with Crippen molar-refractivity contribution in [3.05, 3.63) is 53.1 Å². The lowest BCUT2D eigenvalue weighted by molar-refractivity contribution is 0.127. The lowest BCUT2D eigenvalue weighted by Crippen LogP contribution is -2.23. The molecule has 0 aromatic heterocycles. The van der Waals surface area contributed by atoms with Crippen LogP contribution in [-0.4, -0.2) is 27.6 Å². The van der Waals surface area contributed by atoms with Crippen molar-refractivity contribution in [2.75, 3.05) is 13.2 Å². The van der Waals surface area contributed by atoms with Crippen LogP contribution >= 0.6 is 11.6 Å². The van der Waals surface area contributed by atoms with Crippen LogP contribution in [0.1, 0.15) is 12.0 Å². The predicted octanol–water partition coefficient (Wildman–Crippen LogP) is 2.39. The van der Waals surface area contributed by atoms with Crippen LogP contribution in [-0.2, 0) is 15.0 Å². The molecule has 2 rings (SSSR count). The van der Waals surface area contributed by atoms with Crippen LogP contribution < -0.4 is 20.4 Å². The fraction of sp³-hybridized carbons (Fsp3) is 0.235. The molecular weight excluding hydrogens is 394 g/mol. The molecule has 0 aliphatic heterocycles. The predicted molar refractivity (Wildman–Crippen MR) is 102 cm³/mol. The highest BCUT2D eigenvalue weighted by Crippen LogP contribution is 2.28. The molecule has 0 radical (unpaired) electrons. The second-order valence-corrected chi connectivity index (χ2v) is 7.42. The van der Waals surface area contributed by atoms with Crippen LogP contribution in [0.5, 0.6) is 11.5 Å². The van der Waals surface area contributed by atoms with Gasteiger partial charge in [0.15, 0.2) is 0 Å². The number of oxime groups is 1. The zero-order chi connectivity index (χ0) is 19.9. The SMILES string of the molecule is Cc1cc(OCCCON=C(N)N)cc(OS(=O)(=O)c2ccccc2Cl)c1. The second-order valence-electron chi connectivity index (χ2n) is 5.50. The highest BCUT2D eigenvalue weighted by atomic mass is 35.5. The van der Waals surface area contributed by atoms with Gasteiger partial charge in [0.25, 0.3) is 0 Å². The number of nitrogens with two attached hydrogens (primary N) is 2. The van der Waals surface area contributed by atoms with Crippen molar-refractivity contribution < 1.29 is 22.2 Å². The van der Waals surface area contributed by atoms with Gasteiger partial charge in [-0.1, -0.05) is 23.7 Å². The third-order valence-corrected chi connectivity index (χ3v) is 4.90. The molecule has 0 saturated carbocycles. The Labute approximate surface area is 162 Å². The van der Waals surface area contributed by atoms with Gasteiger partial charge in [0.05, 0.1) is 11.6 Å². The number of hydrogen-bond donors (Lipinski definition) is 2. The van der Waals surface area contributed by atoms with Crippen molar-refractivity contribution in [3.8, 4) is 11.5 Å². The van der Waals surface area contributed by atoms with E-state index in [9.17, 15) is 8.42 Å². The molecule has 0 saturated heterocycles. The Kier molecular flexibility index (Phi) is 7.14. The molecule has 0 amide bonds. The molecular formula is C17H20ClN3O5S. The Balaban J connectivity index is 2.02. The number of hydrogen-bond acceptors (Lipinski definition) is 6. The summed E-state index contributed by atoms with van der Waals surface area (Å²) in [5, 5.41) is 3.48. The molecule has 0 fully saturated rings. The van der Waals surface area contributed by atoms with E-state index in [1.54, 1.807) is 31.2 Å². The van der Waals surface area contributed by atoms with Crippen LogP contribution in [0, 0.1) is 6.92 Å². The maximum Gasteiger partial charge on any atom is 0.340 e. The minimum atomic E-state index is -4.06. The first-order valence-corrected chi connectivity index (χ1v) is 9.71. The standard InChI is InChI=1S/C17H20ClN3O5S/c1-12-9-13(24-7-4-8-25-21-17(19)20)11-14(10-12)26-27(22,23)16-6-3-2-5-15(16)18/h2-3,5-6,9-11H,4,7-8H2,1H3,(H4,19,20,21). The largest absolute Gasteiger partial charge is 0.493 e. The Morgan fingerprint density at radius 2 is 1.81 bits per heavy atom. The zero-order valence-electron chi connectivity index (χ0n) is 14.6. The lowest BCUT2D eigenvalue weighted by atomic mass is 10.2. The molecule has 27 heavy (non-hydrogen) atoms. The zero-order valence-corrected chi connectivity index (χ0v) is 16.2. The number of ether oxygens (including phenoxy) is 1. The summed E-state index contributed by atoms with van der Waals surface area (Å²) in [5.41, 5.74) is 11.0. The van der Waals surface area contributed by atoms with Crippen molar-refractivity contribution >= 4 is 27.7 Å². The fourth-order valence-electron chi connectivity index (χ4n) is 2.10. The normalized spacial score (nSPS) is 10.9. The Hall–Kier alpha value is -2.65. The summed E-state index contributed by atoms with van der Waals surface area (Å²) in [6.45, 7) is 2.39. The van der Waals surface area contributed by atoms with E-state index in [-0.39, 0.29) is 28.2 Å². The quantitative estimate of drug-likeness (QED) is 0.212. The summed E-state index contributed by atoms with van der Waals surface area (Å²) >= 11 is 5.95. The Morgan fingerprint density at radius 1 is 1.11 bits per heavy atom. The van der Waals surface area contributed by atoms with Gasteiger partial charge < -0.3 is 25.2 Å². The van der Waals surface area contributed by atoms with Crippen LogP contribution in [0.25, 0.3) is 0 Å². The maximum absolute atomic E-state index is 12.4. The number of benzene rings is 2. The maximum atomic E-state index is 12.4. The fourth-order valence-corrected chi connectivity index (χ4v) is 3.51. The van der Waals surface area contributed by atoms with Crippen molar-refractivity contribution in [2.24, 2.45) is 16.6 Å². The molecule has 2 aromatic rings. The third-order valence-electron chi connectivity index (χ3n) is 3.15. The molecule has 0 unspecified atom stereocenters. The second kappa shape index (κ2) is 9.33. The molecule has 2 aromatic carbocycles. The average molecular weight is 414 g/mol. The summed E-state index contributed by atoms with van der Waals surface area (Å²) in [7, 11) is -4.06. The van der Waals surface area contributed by atoms with Crippen molar-refractivity contribution in [1.82, 2.24) is 0 Å². The van der Waals surface area contributed by atoms with Gasteiger partial charge in [-0.15, -0.1) is 0 Å². The van der Waals surface area contributed by atoms with E-state index in [1.165, 1.54) is 18.2 Å². The molecule has 0 heterocycles. The molecule has 0 spiro atoms. The first kappa shape index (κ1) is 20.7. The molecule has 4 N–H and O–H groups in total. The van der Waals surface area contributed by atoms with Crippen molar-refractivity contribution in [1.29, 1.82) is 0 Å². The van der Waals surface area contributed by atoms with E-state index in [0.717, 1.165) is 5.56 Å². The number of nitrogens with zero attached hydrogens (tertiary/aromatic N) is 1.